The van der Waals surface area contributed by atoms with Gasteiger partial charge in [0, 0.05) is 19.5 Å². The van der Waals surface area contributed by atoms with E-state index in [2.05, 4.69) is 27.2 Å². The molecule has 2 N–H and O–H groups in total. The summed E-state index contributed by atoms with van der Waals surface area (Å²) in [6, 6.07) is 5.43. The highest BCUT2D eigenvalue weighted by atomic mass is 79.9. The number of aromatic hydroxyl groups is 1. The Morgan fingerprint density at radius 2 is 2.29 bits per heavy atom. The van der Waals surface area contributed by atoms with Crippen molar-refractivity contribution in [1.82, 2.24) is 5.32 Å². The highest BCUT2D eigenvalue weighted by Gasteiger charge is 1.98. The third-order valence-electron chi connectivity index (χ3n) is 1.79. The van der Waals surface area contributed by atoms with E-state index in [1.807, 2.05) is 12.1 Å². The predicted molar refractivity (Wildman–Crippen MR) is 61.0 cm³/mol. The van der Waals surface area contributed by atoms with E-state index in [9.17, 15) is 5.11 Å². The summed E-state index contributed by atoms with van der Waals surface area (Å²) in [5.41, 5.74) is 1.12. The van der Waals surface area contributed by atoms with Crippen molar-refractivity contribution in [3.8, 4) is 18.1 Å². The van der Waals surface area contributed by atoms with Crippen molar-refractivity contribution in [3.63, 3.8) is 0 Å². The van der Waals surface area contributed by atoms with Crippen LogP contribution in [-0.2, 0) is 6.54 Å². The van der Waals surface area contributed by atoms with Gasteiger partial charge in [0.15, 0.2) is 0 Å². The molecule has 0 aliphatic carbocycles. The lowest BCUT2D eigenvalue weighted by Gasteiger charge is -2.04. The molecule has 0 spiro atoms. The molecule has 2 nitrogen and oxygen atoms in total. The van der Waals surface area contributed by atoms with Gasteiger partial charge in [0.05, 0.1) is 4.47 Å². The monoisotopic (exact) mass is 253 g/mol. The summed E-state index contributed by atoms with van der Waals surface area (Å²) < 4.78 is 0.716. The summed E-state index contributed by atoms with van der Waals surface area (Å²) in [6.07, 6.45) is 5.86. The number of hydrogen-bond donors (Lipinski definition) is 2. The molecule has 3 heteroatoms. The van der Waals surface area contributed by atoms with E-state index in [0.717, 1.165) is 25.1 Å². The molecular formula is C11H12BrNO. The first kappa shape index (κ1) is 11.1. The second-order valence-electron chi connectivity index (χ2n) is 2.92. The average molecular weight is 254 g/mol. The SMILES string of the molecule is C#CCCNCc1ccc(O)c(Br)c1. The highest BCUT2D eigenvalue weighted by molar-refractivity contribution is 9.10. The molecule has 0 aliphatic rings. The molecule has 14 heavy (non-hydrogen) atoms. The Labute approximate surface area is 92.5 Å². The third-order valence-corrected chi connectivity index (χ3v) is 2.42. The van der Waals surface area contributed by atoms with Crippen LogP contribution < -0.4 is 5.32 Å². The number of hydrogen-bond acceptors (Lipinski definition) is 2. The van der Waals surface area contributed by atoms with Crippen LogP contribution in [0.5, 0.6) is 5.75 Å². The smallest absolute Gasteiger partial charge is 0.129 e. The maximum Gasteiger partial charge on any atom is 0.129 e. The molecule has 1 aromatic rings. The van der Waals surface area contributed by atoms with Gasteiger partial charge in [-0.1, -0.05) is 6.07 Å². The number of rotatable bonds is 4. The summed E-state index contributed by atoms with van der Waals surface area (Å²) in [7, 11) is 0. The maximum absolute atomic E-state index is 9.26. The fraction of sp³-hybridized carbons (Fsp3) is 0.273. The van der Waals surface area contributed by atoms with E-state index >= 15 is 0 Å². The van der Waals surface area contributed by atoms with Crippen molar-refractivity contribution in [2.75, 3.05) is 6.54 Å². The molecule has 0 heterocycles. The standard InChI is InChI=1S/C11H12BrNO/c1-2-3-6-13-8-9-4-5-11(14)10(12)7-9/h1,4-5,7,13-14H,3,6,8H2. The van der Waals surface area contributed by atoms with Crippen LogP contribution in [0.25, 0.3) is 0 Å². The number of terminal acetylenes is 1. The molecule has 0 fully saturated rings. The Morgan fingerprint density at radius 3 is 2.93 bits per heavy atom. The highest BCUT2D eigenvalue weighted by Crippen LogP contribution is 2.23. The summed E-state index contributed by atoms with van der Waals surface area (Å²) in [4.78, 5) is 0. The van der Waals surface area contributed by atoms with Crippen LogP contribution in [-0.4, -0.2) is 11.7 Å². The van der Waals surface area contributed by atoms with Gasteiger partial charge in [0.25, 0.3) is 0 Å². The first-order chi connectivity index (χ1) is 6.74. The summed E-state index contributed by atoms with van der Waals surface area (Å²) >= 11 is 3.26. The molecule has 0 amide bonds. The summed E-state index contributed by atoms with van der Waals surface area (Å²) in [6.45, 7) is 1.58. The van der Waals surface area contributed by atoms with Crippen LogP contribution in [0, 0.1) is 12.3 Å². The lowest BCUT2D eigenvalue weighted by atomic mass is 10.2. The van der Waals surface area contributed by atoms with Gasteiger partial charge in [-0.3, -0.25) is 0 Å². The maximum atomic E-state index is 9.26. The average Bonchev–Trinajstić information content (AvgIpc) is 2.18. The fourth-order valence-corrected chi connectivity index (χ4v) is 1.48. The first-order valence-corrected chi connectivity index (χ1v) is 5.15. The molecule has 74 valence electrons. The second-order valence-corrected chi connectivity index (χ2v) is 3.77. The number of phenols is 1. The van der Waals surface area contributed by atoms with E-state index in [4.69, 9.17) is 6.42 Å². The molecule has 0 atom stereocenters. The van der Waals surface area contributed by atoms with Gasteiger partial charge in [0.2, 0.25) is 0 Å². The lowest BCUT2D eigenvalue weighted by Crippen LogP contribution is -2.13. The van der Waals surface area contributed by atoms with Gasteiger partial charge in [-0.25, -0.2) is 0 Å². The van der Waals surface area contributed by atoms with Crippen molar-refractivity contribution >= 4 is 15.9 Å². The number of nitrogens with one attached hydrogen (secondary N) is 1. The van der Waals surface area contributed by atoms with Gasteiger partial charge in [-0.15, -0.1) is 12.3 Å². The normalized spacial score (nSPS) is 9.71. The van der Waals surface area contributed by atoms with Gasteiger partial charge in [0.1, 0.15) is 5.75 Å². The Kier molecular flexibility index (Phi) is 4.51. The minimum Gasteiger partial charge on any atom is -0.507 e. The van der Waals surface area contributed by atoms with E-state index in [-0.39, 0.29) is 5.75 Å². The van der Waals surface area contributed by atoms with Crippen molar-refractivity contribution in [3.05, 3.63) is 28.2 Å². The Morgan fingerprint density at radius 1 is 1.50 bits per heavy atom. The Hall–Kier alpha value is -0.980. The number of halogens is 1. The molecule has 0 radical (unpaired) electrons. The van der Waals surface area contributed by atoms with Crippen molar-refractivity contribution in [2.24, 2.45) is 0 Å². The van der Waals surface area contributed by atoms with Crippen LogP contribution in [0.3, 0.4) is 0 Å². The molecular weight excluding hydrogens is 242 g/mol. The van der Waals surface area contributed by atoms with E-state index in [1.165, 1.54) is 0 Å². The molecule has 0 bridgehead atoms. The fourth-order valence-electron chi connectivity index (χ4n) is 1.05. The number of benzene rings is 1. The molecule has 0 unspecified atom stereocenters. The molecule has 0 aromatic heterocycles. The molecule has 0 saturated carbocycles. The van der Waals surface area contributed by atoms with Gasteiger partial charge >= 0.3 is 0 Å². The molecule has 0 aliphatic heterocycles. The summed E-state index contributed by atoms with van der Waals surface area (Å²) in [5, 5.41) is 12.5. The Bertz CT molecular complexity index is 344. The van der Waals surface area contributed by atoms with Crippen molar-refractivity contribution in [2.45, 2.75) is 13.0 Å². The van der Waals surface area contributed by atoms with E-state index < -0.39 is 0 Å². The second kappa shape index (κ2) is 5.69. The zero-order valence-corrected chi connectivity index (χ0v) is 9.34. The minimum atomic E-state index is 0.261. The minimum absolute atomic E-state index is 0.261. The van der Waals surface area contributed by atoms with Crippen LogP contribution in [0.2, 0.25) is 0 Å². The Balaban J connectivity index is 2.44. The zero-order chi connectivity index (χ0) is 10.4. The van der Waals surface area contributed by atoms with Crippen LogP contribution in [0.4, 0.5) is 0 Å². The predicted octanol–water partition coefficient (Wildman–Crippen LogP) is 2.27. The van der Waals surface area contributed by atoms with Gasteiger partial charge < -0.3 is 10.4 Å². The van der Waals surface area contributed by atoms with Gasteiger partial charge in [-0.05, 0) is 33.6 Å². The van der Waals surface area contributed by atoms with Crippen LogP contribution in [0.1, 0.15) is 12.0 Å². The lowest BCUT2D eigenvalue weighted by molar-refractivity contribution is 0.471. The van der Waals surface area contributed by atoms with E-state index in [1.54, 1.807) is 6.07 Å². The van der Waals surface area contributed by atoms with Crippen molar-refractivity contribution in [1.29, 1.82) is 0 Å². The van der Waals surface area contributed by atoms with Crippen LogP contribution in [0.15, 0.2) is 22.7 Å². The quantitative estimate of drug-likeness (QED) is 0.638. The van der Waals surface area contributed by atoms with Gasteiger partial charge in [-0.2, -0.15) is 0 Å². The van der Waals surface area contributed by atoms with E-state index in [0.29, 0.717) is 4.47 Å². The topological polar surface area (TPSA) is 32.3 Å². The molecule has 1 rings (SSSR count). The zero-order valence-electron chi connectivity index (χ0n) is 7.76. The first-order valence-electron chi connectivity index (χ1n) is 4.35. The number of phenolic OH excluding ortho intramolecular Hbond substituents is 1. The summed E-state index contributed by atoms with van der Waals surface area (Å²) in [5.74, 6) is 2.82. The van der Waals surface area contributed by atoms with Crippen LogP contribution >= 0.6 is 15.9 Å². The third kappa shape index (κ3) is 3.41. The molecule has 0 saturated heterocycles. The van der Waals surface area contributed by atoms with Crippen molar-refractivity contribution < 1.29 is 5.11 Å². The molecule has 1 aromatic carbocycles. The largest absolute Gasteiger partial charge is 0.507 e.